The SMILES string of the molecule is CCC(CC(N)=CC(=O)O)c1ccc(F)cc1. The number of nitrogens with two attached hydrogens (primary N) is 1. The molecule has 0 bridgehead atoms. The maximum absolute atomic E-state index is 12.8. The van der Waals surface area contributed by atoms with Gasteiger partial charge in [0.15, 0.2) is 0 Å². The minimum atomic E-state index is -1.04. The number of allylic oxidation sites excluding steroid dienone is 1. The van der Waals surface area contributed by atoms with Crippen molar-refractivity contribution in [2.75, 3.05) is 0 Å². The zero-order valence-electron chi connectivity index (χ0n) is 9.69. The van der Waals surface area contributed by atoms with Crippen molar-refractivity contribution in [3.63, 3.8) is 0 Å². The van der Waals surface area contributed by atoms with Crippen LogP contribution in [0.3, 0.4) is 0 Å². The molecule has 3 N–H and O–H groups in total. The smallest absolute Gasteiger partial charge is 0.330 e. The normalized spacial score (nSPS) is 13.4. The molecular formula is C13H16FNO2. The van der Waals surface area contributed by atoms with Crippen molar-refractivity contribution in [3.8, 4) is 0 Å². The topological polar surface area (TPSA) is 63.3 Å². The van der Waals surface area contributed by atoms with Crippen LogP contribution in [0.15, 0.2) is 36.0 Å². The van der Waals surface area contributed by atoms with E-state index in [1.165, 1.54) is 12.1 Å². The van der Waals surface area contributed by atoms with Gasteiger partial charge in [-0.1, -0.05) is 19.1 Å². The Labute approximate surface area is 99.8 Å². The summed E-state index contributed by atoms with van der Waals surface area (Å²) in [5.74, 6) is -1.21. The van der Waals surface area contributed by atoms with Crippen LogP contribution in [0.4, 0.5) is 4.39 Å². The molecule has 1 aromatic rings. The van der Waals surface area contributed by atoms with Crippen molar-refractivity contribution in [2.24, 2.45) is 5.73 Å². The number of hydrogen-bond donors (Lipinski definition) is 2. The first-order valence-electron chi connectivity index (χ1n) is 5.47. The van der Waals surface area contributed by atoms with Gasteiger partial charge < -0.3 is 10.8 Å². The van der Waals surface area contributed by atoms with E-state index < -0.39 is 5.97 Å². The summed E-state index contributed by atoms with van der Waals surface area (Å²) in [6.45, 7) is 1.99. The summed E-state index contributed by atoms with van der Waals surface area (Å²) in [5.41, 5.74) is 6.92. The predicted octanol–water partition coefficient (Wildman–Crippen LogP) is 2.64. The molecule has 0 spiro atoms. The highest BCUT2D eigenvalue weighted by atomic mass is 19.1. The molecule has 0 amide bonds. The minimum absolute atomic E-state index is 0.117. The molecule has 0 radical (unpaired) electrons. The molecule has 0 saturated heterocycles. The van der Waals surface area contributed by atoms with Gasteiger partial charge in [-0.3, -0.25) is 0 Å². The maximum Gasteiger partial charge on any atom is 0.330 e. The molecule has 0 aliphatic heterocycles. The number of benzene rings is 1. The average molecular weight is 237 g/mol. The van der Waals surface area contributed by atoms with Gasteiger partial charge in [-0.15, -0.1) is 0 Å². The van der Waals surface area contributed by atoms with Crippen LogP contribution in [-0.2, 0) is 4.79 Å². The van der Waals surface area contributed by atoms with Crippen LogP contribution < -0.4 is 5.73 Å². The summed E-state index contributed by atoms with van der Waals surface area (Å²) in [6, 6.07) is 6.21. The fourth-order valence-corrected chi connectivity index (χ4v) is 1.73. The fourth-order valence-electron chi connectivity index (χ4n) is 1.73. The second-order valence-electron chi connectivity index (χ2n) is 3.92. The van der Waals surface area contributed by atoms with Crippen molar-refractivity contribution in [1.82, 2.24) is 0 Å². The van der Waals surface area contributed by atoms with Crippen LogP contribution in [0.1, 0.15) is 31.2 Å². The van der Waals surface area contributed by atoms with Crippen molar-refractivity contribution >= 4 is 5.97 Å². The number of carboxylic acids is 1. The van der Waals surface area contributed by atoms with Gasteiger partial charge in [0.2, 0.25) is 0 Å². The van der Waals surface area contributed by atoms with Gasteiger partial charge in [0.05, 0.1) is 0 Å². The molecule has 0 aromatic heterocycles. The lowest BCUT2D eigenvalue weighted by molar-refractivity contribution is -0.131. The Balaban J connectivity index is 2.78. The van der Waals surface area contributed by atoms with Crippen LogP contribution in [0.5, 0.6) is 0 Å². The third-order valence-corrected chi connectivity index (χ3v) is 2.63. The summed E-state index contributed by atoms with van der Waals surface area (Å²) in [4.78, 5) is 10.5. The summed E-state index contributed by atoms with van der Waals surface area (Å²) in [5, 5.41) is 8.57. The van der Waals surface area contributed by atoms with E-state index >= 15 is 0 Å². The quantitative estimate of drug-likeness (QED) is 0.774. The molecule has 1 aromatic carbocycles. The van der Waals surface area contributed by atoms with E-state index in [1.54, 1.807) is 12.1 Å². The van der Waals surface area contributed by atoms with Crippen molar-refractivity contribution < 1.29 is 14.3 Å². The van der Waals surface area contributed by atoms with Crippen molar-refractivity contribution in [2.45, 2.75) is 25.7 Å². The molecule has 0 fully saturated rings. The molecule has 0 aliphatic rings. The van der Waals surface area contributed by atoms with Gasteiger partial charge in [0, 0.05) is 11.8 Å². The van der Waals surface area contributed by atoms with Gasteiger partial charge in [0.25, 0.3) is 0 Å². The van der Waals surface area contributed by atoms with Crippen LogP contribution >= 0.6 is 0 Å². The van der Waals surface area contributed by atoms with E-state index in [1.807, 2.05) is 6.92 Å². The van der Waals surface area contributed by atoms with Gasteiger partial charge in [-0.05, 0) is 36.5 Å². The Morgan fingerprint density at radius 3 is 2.53 bits per heavy atom. The van der Waals surface area contributed by atoms with E-state index in [-0.39, 0.29) is 11.7 Å². The molecule has 1 atom stereocenters. The summed E-state index contributed by atoms with van der Waals surface area (Å²) in [6.07, 6.45) is 2.29. The first kappa shape index (κ1) is 13.2. The number of rotatable bonds is 5. The molecule has 1 rings (SSSR count). The summed E-state index contributed by atoms with van der Waals surface area (Å²) in [7, 11) is 0. The van der Waals surface area contributed by atoms with Crippen LogP contribution in [0.25, 0.3) is 0 Å². The Morgan fingerprint density at radius 2 is 2.06 bits per heavy atom. The highest BCUT2D eigenvalue weighted by molar-refractivity contribution is 5.80. The first-order chi connectivity index (χ1) is 8.02. The van der Waals surface area contributed by atoms with Gasteiger partial charge in [0.1, 0.15) is 5.82 Å². The van der Waals surface area contributed by atoms with E-state index in [2.05, 4.69) is 0 Å². The molecule has 0 aliphatic carbocycles. The summed E-state index contributed by atoms with van der Waals surface area (Å²) >= 11 is 0. The Morgan fingerprint density at radius 1 is 1.47 bits per heavy atom. The molecular weight excluding hydrogens is 221 g/mol. The fraction of sp³-hybridized carbons (Fsp3) is 0.308. The number of carbonyl (C=O) groups is 1. The summed E-state index contributed by atoms with van der Waals surface area (Å²) < 4.78 is 12.8. The largest absolute Gasteiger partial charge is 0.478 e. The van der Waals surface area contributed by atoms with Crippen LogP contribution in [0, 0.1) is 5.82 Å². The molecule has 17 heavy (non-hydrogen) atoms. The number of halogens is 1. The zero-order valence-corrected chi connectivity index (χ0v) is 9.69. The molecule has 1 unspecified atom stereocenters. The molecule has 3 nitrogen and oxygen atoms in total. The molecule has 0 heterocycles. The molecule has 0 saturated carbocycles. The third-order valence-electron chi connectivity index (χ3n) is 2.63. The minimum Gasteiger partial charge on any atom is -0.478 e. The second kappa shape index (κ2) is 6.03. The number of hydrogen-bond acceptors (Lipinski definition) is 2. The second-order valence-corrected chi connectivity index (χ2v) is 3.92. The number of carboxylic acid groups (broad SMARTS) is 1. The third kappa shape index (κ3) is 4.26. The van der Waals surface area contributed by atoms with Crippen LogP contribution in [0.2, 0.25) is 0 Å². The van der Waals surface area contributed by atoms with Crippen LogP contribution in [-0.4, -0.2) is 11.1 Å². The Bertz CT molecular complexity index is 412. The monoisotopic (exact) mass is 237 g/mol. The van der Waals surface area contributed by atoms with Crippen molar-refractivity contribution in [3.05, 3.63) is 47.4 Å². The lowest BCUT2D eigenvalue weighted by Crippen LogP contribution is -2.07. The van der Waals surface area contributed by atoms with E-state index in [9.17, 15) is 9.18 Å². The van der Waals surface area contributed by atoms with E-state index in [0.29, 0.717) is 12.1 Å². The van der Waals surface area contributed by atoms with Gasteiger partial charge in [-0.25, -0.2) is 9.18 Å². The molecule has 4 heteroatoms. The van der Waals surface area contributed by atoms with Gasteiger partial charge in [-0.2, -0.15) is 0 Å². The average Bonchev–Trinajstić information content (AvgIpc) is 2.26. The Hall–Kier alpha value is -1.84. The number of aliphatic carboxylic acids is 1. The predicted molar refractivity (Wildman–Crippen MR) is 64.0 cm³/mol. The maximum atomic E-state index is 12.8. The Kier molecular flexibility index (Phi) is 4.69. The zero-order chi connectivity index (χ0) is 12.8. The highest BCUT2D eigenvalue weighted by Gasteiger charge is 2.11. The van der Waals surface area contributed by atoms with E-state index in [4.69, 9.17) is 10.8 Å². The highest BCUT2D eigenvalue weighted by Crippen LogP contribution is 2.25. The molecule has 92 valence electrons. The van der Waals surface area contributed by atoms with Crippen molar-refractivity contribution in [1.29, 1.82) is 0 Å². The lowest BCUT2D eigenvalue weighted by atomic mass is 9.92. The standard InChI is InChI=1S/C13H16FNO2/c1-2-9(7-12(15)8-13(16)17)10-3-5-11(14)6-4-10/h3-6,8-9H,2,7,15H2,1H3,(H,16,17). The lowest BCUT2D eigenvalue weighted by Gasteiger charge is -2.15. The van der Waals surface area contributed by atoms with Gasteiger partial charge >= 0.3 is 5.97 Å². The van der Waals surface area contributed by atoms with E-state index in [0.717, 1.165) is 18.1 Å². The first-order valence-corrected chi connectivity index (χ1v) is 5.47.